The summed E-state index contributed by atoms with van der Waals surface area (Å²) in [5.74, 6) is 1.23. The molecule has 2 aromatic rings. The van der Waals surface area contributed by atoms with E-state index in [-0.39, 0.29) is 11.3 Å². The molecule has 1 aromatic heterocycles. The molecule has 1 unspecified atom stereocenters. The first kappa shape index (κ1) is 20.0. The maximum Gasteiger partial charge on any atom is 0.170 e. The predicted octanol–water partition coefficient (Wildman–Crippen LogP) is 2.85. The molecule has 0 spiro atoms. The number of nitrogens with one attached hydrogen (secondary N) is 2. The zero-order chi connectivity index (χ0) is 16.9. The van der Waals surface area contributed by atoms with Gasteiger partial charge < -0.3 is 16.2 Å². The maximum atomic E-state index is 13.3. The van der Waals surface area contributed by atoms with Crippen LogP contribution in [-0.2, 0) is 6.42 Å². The van der Waals surface area contributed by atoms with Crippen molar-refractivity contribution in [3.05, 3.63) is 39.7 Å². The molecule has 0 amide bonds. The second-order valence-corrected chi connectivity index (χ2v) is 7.71. The number of benzene rings is 1. The van der Waals surface area contributed by atoms with Crippen molar-refractivity contribution in [1.82, 2.24) is 15.6 Å². The summed E-state index contributed by atoms with van der Waals surface area (Å²) < 4.78 is 18.5. The summed E-state index contributed by atoms with van der Waals surface area (Å²) in [4.78, 5) is 0. The molecule has 0 saturated carbocycles. The Morgan fingerprint density at radius 1 is 1.44 bits per heavy atom. The lowest BCUT2D eigenvalue weighted by molar-refractivity contribution is 0.298. The zero-order valence-corrected chi connectivity index (χ0v) is 15.9. The van der Waals surface area contributed by atoms with Crippen molar-refractivity contribution in [3.63, 3.8) is 0 Å². The lowest BCUT2D eigenvalue weighted by atomic mass is 10.0. The van der Waals surface area contributed by atoms with Crippen LogP contribution in [0.25, 0.3) is 0 Å². The van der Waals surface area contributed by atoms with E-state index in [1.54, 1.807) is 23.9 Å². The third kappa shape index (κ3) is 5.34. The van der Waals surface area contributed by atoms with Crippen molar-refractivity contribution in [2.24, 2.45) is 5.92 Å². The van der Waals surface area contributed by atoms with Gasteiger partial charge in [-0.2, -0.15) is 0 Å². The minimum atomic E-state index is -0.314. The van der Waals surface area contributed by atoms with Crippen LogP contribution in [0, 0.1) is 17.1 Å². The molecule has 1 aliphatic rings. The summed E-state index contributed by atoms with van der Waals surface area (Å²) >= 11 is 4.75. The van der Waals surface area contributed by atoms with E-state index < -0.39 is 0 Å². The summed E-state index contributed by atoms with van der Waals surface area (Å²) in [5.41, 5.74) is 1.63. The fraction of sp³-hybridized carbons (Fsp3) is 0.438. The average Bonchev–Trinajstić information content (AvgIpc) is 3.06. The number of aromatic nitrogens is 2. The van der Waals surface area contributed by atoms with Gasteiger partial charge in [-0.05, 0) is 75.8 Å². The zero-order valence-electron chi connectivity index (χ0n) is 13.5. The van der Waals surface area contributed by atoms with Crippen molar-refractivity contribution in [3.8, 4) is 0 Å². The summed E-state index contributed by atoms with van der Waals surface area (Å²) in [7, 11) is 0. The number of hydrogen-bond donors (Lipinski definition) is 2. The smallest absolute Gasteiger partial charge is 0.170 e. The first-order valence-corrected chi connectivity index (χ1v) is 9.59. The van der Waals surface area contributed by atoms with Crippen LogP contribution < -0.4 is 5.32 Å². The van der Waals surface area contributed by atoms with Crippen LogP contribution in [0.1, 0.15) is 24.1 Å². The molecule has 1 aliphatic heterocycles. The first-order chi connectivity index (χ1) is 11.6. The Morgan fingerprint density at radius 2 is 2.28 bits per heavy atom. The standard InChI is InChI=1S/C16H18BrFN4OS.H2O/c17-12-6-10(3-4-13(12)18)7-14(19)15-16(22-23-21-15)24-9-11-2-1-5-20-8-11;/h3-4,6,11,19-20H,1-2,5,7-9H2;1H2. The molecule has 9 heteroatoms. The lowest BCUT2D eigenvalue weighted by Crippen LogP contribution is -2.30. The number of hydrogen-bond acceptors (Lipinski definition) is 6. The molecular formula is C16H20BrFN4O2S. The molecule has 25 heavy (non-hydrogen) atoms. The Morgan fingerprint density at radius 3 is 3.00 bits per heavy atom. The van der Waals surface area contributed by atoms with E-state index in [2.05, 4.69) is 31.6 Å². The van der Waals surface area contributed by atoms with Crippen LogP contribution >= 0.6 is 27.7 Å². The number of piperidine rings is 1. The average molecular weight is 431 g/mol. The van der Waals surface area contributed by atoms with E-state index in [1.807, 2.05) is 0 Å². The topological polar surface area (TPSA) is 106 Å². The molecule has 1 saturated heterocycles. The van der Waals surface area contributed by atoms with Gasteiger partial charge in [0.2, 0.25) is 0 Å². The largest absolute Gasteiger partial charge is 0.412 e. The summed E-state index contributed by atoms with van der Waals surface area (Å²) in [6.45, 7) is 2.12. The van der Waals surface area contributed by atoms with Crippen molar-refractivity contribution in [2.45, 2.75) is 24.3 Å². The third-order valence-electron chi connectivity index (χ3n) is 3.96. The van der Waals surface area contributed by atoms with E-state index in [0.717, 1.165) is 24.4 Å². The normalized spacial score (nSPS) is 17.1. The van der Waals surface area contributed by atoms with E-state index in [4.69, 9.17) is 10.0 Å². The van der Waals surface area contributed by atoms with E-state index in [9.17, 15) is 4.39 Å². The molecule has 0 radical (unpaired) electrons. The van der Waals surface area contributed by atoms with Crippen LogP contribution in [0.15, 0.2) is 32.3 Å². The quantitative estimate of drug-likeness (QED) is 0.541. The van der Waals surface area contributed by atoms with Gasteiger partial charge in [0.1, 0.15) is 5.82 Å². The molecule has 2 heterocycles. The molecule has 3 rings (SSSR count). The Kier molecular flexibility index (Phi) is 7.55. The van der Waals surface area contributed by atoms with Crippen molar-refractivity contribution in [1.29, 1.82) is 5.41 Å². The van der Waals surface area contributed by atoms with Gasteiger partial charge in [0.15, 0.2) is 10.7 Å². The summed E-state index contributed by atoms with van der Waals surface area (Å²) in [5, 5.41) is 20.2. The molecule has 1 atom stereocenters. The Bertz CT molecular complexity index is 722. The van der Waals surface area contributed by atoms with Gasteiger partial charge >= 0.3 is 0 Å². The Labute approximate surface area is 157 Å². The lowest BCUT2D eigenvalue weighted by Gasteiger charge is -2.21. The van der Waals surface area contributed by atoms with Crippen molar-refractivity contribution < 1.29 is 14.5 Å². The van der Waals surface area contributed by atoms with Gasteiger partial charge in [-0.15, -0.1) is 11.8 Å². The van der Waals surface area contributed by atoms with Gasteiger partial charge in [0.05, 0.1) is 10.2 Å². The summed E-state index contributed by atoms with van der Waals surface area (Å²) in [6.07, 6.45) is 2.76. The minimum absolute atomic E-state index is 0. The number of halogens is 2. The highest BCUT2D eigenvalue weighted by molar-refractivity contribution is 9.10. The van der Waals surface area contributed by atoms with E-state index in [0.29, 0.717) is 33.2 Å². The highest BCUT2D eigenvalue weighted by Gasteiger charge is 2.19. The third-order valence-corrected chi connectivity index (χ3v) is 5.75. The van der Waals surface area contributed by atoms with Gasteiger partial charge in [0.25, 0.3) is 0 Å². The molecule has 4 N–H and O–H groups in total. The number of nitrogens with zero attached hydrogens (tertiary/aromatic N) is 2. The van der Waals surface area contributed by atoms with Gasteiger partial charge in [0, 0.05) is 12.2 Å². The molecule has 0 bridgehead atoms. The number of thioether (sulfide) groups is 1. The van der Waals surface area contributed by atoms with Crippen molar-refractivity contribution >= 4 is 33.4 Å². The summed E-state index contributed by atoms with van der Waals surface area (Å²) in [6, 6.07) is 4.74. The minimum Gasteiger partial charge on any atom is -0.412 e. The first-order valence-electron chi connectivity index (χ1n) is 7.81. The molecule has 6 nitrogen and oxygen atoms in total. The molecular weight excluding hydrogens is 411 g/mol. The fourth-order valence-corrected chi connectivity index (χ4v) is 4.15. The predicted molar refractivity (Wildman–Crippen MR) is 98.9 cm³/mol. The fourth-order valence-electron chi connectivity index (χ4n) is 2.66. The number of rotatable bonds is 6. The molecule has 1 aromatic carbocycles. The maximum absolute atomic E-state index is 13.3. The monoisotopic (exact) mass is 430 g/mol. The second kappa shape index (κ2) is 9.42. The van der Waals surface area contributed by atoms with Gasteiger partial charge in [-0.3, -0.25) is 0 Å². The van der Waals surface area contributed by atoms with Crippen LogP contribution in [0.2, 0.25) is 0 Å². The van der Waals surface area contributed by atoms with Gasteiger partial charge in [-0.25, -0.2) is 9.02 Å². The molecule has 136 valence electrons. The Balaban J connectivity index is 0.00000225. The highest BCUT2D eigenvalue weighted by Crippen LogP contribution is 2.26. The molecule has 0 aliphatic carbocycles. The van der Waals surface area contributed by atoms with E-state index >= 15 is 0 Å². The van der Waals surface area contributed by atoms with Crippen LogP contribution in [0.3, 0.4) is 0 Å². The van der Waals surface area contributed by atoms with Crippen LogP contribution in [-0.4, -0.2) is 40.3 Å². The Hall–Kier alpha value is -1.29. The van der Waals surface area contributed by atoms with Gasteiger partial charge in [-0.1, -0.05) is 6.07 Å². The molecule has 1 fully saturated rings. The van der Waals surface area contributed by atoms with Crippen molar-refractivity contribution in [2.75, 3.05) is 18.8 Å². The highest BCUT2D eigenvalue weighted by atomic mass is 79.9. The van der Waals surface area contributed by atoms with Crippen LogP contribution in [0.4, 0.5) is 4.39 Å². The van der Waals surface area contributed by atoms with E-state index in [1.165, 1.54) is 18.9 Å². The SMILES string of the molecule is N=C(Cc1ccc(F)c(Br)c1)c1nonc1SCC1CCCNC1.O. The second-order valence-electron chi connectivity index (χ2n) is 5.85. The van der Waals surface area contributed by atoms with Crippen LogP contribution in [0.5, 0.6) is 0 Å².